The number of halogens is 4. The fourth-order valence-corrected chi connectivity index (χ4v) is 5.09. The molecule has 12 heteroatoms. The minimum atomic E-state index is -5.08. The number of piperidine rings is 1. The minimum absolute atomic E-state index is 0.0453. The molecule has 0 saturated carbocycles. The summed E-state index contributed by atoms with van der Waals surface area (Å²) in [6, 6.07) is 3.71. The highest BCUT2D eigenvalue weighted by molar-refractivity contribution is 7.89. The Morgan fingerprint density at radius 3 is 2.40 bits per heavy atom. The average molecular weight is 472 g/mol. The monoisotopic (exact) mass is 471 g/mol. The predicted octanol–water partition coefficient (Wildman–Crippen LogP) is 2.59. The lowest BCUT2D eigenvalue weighted by molar-refractivity contribution is -0.263. The van der Waals surface area contributed by atoms with Crippen molar-refractivity contribution in [3.05, 3.63) is 34.9 Å². The maximum Gasteiger partial charge on any atom is 0.423 e. The van der Waals surface area contributed by atoms with Crippen LogP contribution in [0.25, 0.3) is 0 Å². The first-order valence-electron chi connectivity index (χ1n) is 9.47. The summed E-state index contributed by atoms with van der Waals surface area (Å²) in [4.78, 5) is 12.1. The Bertz CT molecular complexity index is 845. The van der Waals surface area contributed by atoms with Crippen molar-refractivity contribution in [2.75, 3.05) is 25.4 Å². The first kappa shape index (κ1) is 24.7. The summed E-state index contributed by atoms with van der Waals surface area (Å²) in [6.07, 6.45) is -3.91. The molecule has 7 nitrogen and oxygen atoms in total. The molecule has 2 rings (SSSR count). The number of urea groups is 1. The molecule has 3 N–H and O–H groups in total. The molecule has 0 spiro atoms. The van der Waals surface area contributed by atoms with Gasteiger partial charge in [-0.05, 0) is 25.3 Å². The molecule has 1 aromatic carbocycles. The van der Waals surface area contributed by atoms with Crippen LogP contribution in [-0.4, -0.2) is 61.5 Å². The number of aliphatic hydroxyl groups is 1. The van der Waals surface area contributed by atoms with Gasteiger partial charge in [0.25, 0.3) is 0 Å². The van der Waals surface area contributed by atoms with Gasteiger partial charge in [0.05, 0.1) is 12.3 Å². The summed E-state index contributed by atoms with van der Waals surface area (Å²) in [5, 5.41) is 14.6. The number of nitrogens with zero attached hydrogens (tertiary/aromatic N) is 1. The van der Waals surface area contributed by atoms with Crippen LogP contribution in [0.2, 0.25) is 5.02 Å². The van der Waals surface area contributed by atoms with Crippen molar-refractivity contribution in [3.63, 3.8) is 0 Å². The Hall–Kier alpha value is -1.56. The molecule has 1 fully saturated rings. The van der Waals surface area contributed by atoms with Crippen LogP contribution < -0.4 is 10.6 Å². The van der Waals surface area contributed by atoms with E-state index in [9.17, 15) is 31.5 Å². The maximum atomic E-state index is 13.6. The summed E-state index contributed by atoms with van der Waals surface area (Å²) >= 11 is 5.82. The van der Waals surface area contributed by atoms with Crippen molar-refractivity contribution < 1.29 is 31.5 Å². The second-order valence-electron chi connectivity index (χ2n) is 7.15. The zero-order valence-corrected chi connectivity index (χ0v) is 17.9. The molecule has 170 valence electrons. The van der Waals surface area contributed by atoms with Crippen LogP contribution in [0.5, 0.6) is 0 Å². The summed E-state index contributed by atoms with van der Waals surface area (Å²) in [5.74, 6) is 0.0453. The molecule has 1 aliphatic heterocycles. The third kappa shape index (κ3) is 5.77. The molecular formula is C18H25ClF3N3O4S. The van der Waals surface area contributed by atoms with Crippen LogP contribution in [0.4, 0.5) is 18.0 Å². The number of carbonyl (C=O) groups is 1. The third-order valence-electron chi connectivity index (χ3n) is 4.94. The van der Waals surface area contributed by atoms with Crippen LogP contribution in [0.1, 0.15) is 31.7 Å². The molecule has 2 amide bonds. The van der Waals surface area contributed by atoms with Gasteiger partial charge < -0.3 is 15.7 Å². The zero-order chi connectivity index (χ0) is 22.6. The van der Waals surface area contributed by atoms with Crippen LogP contribution >= 0.6 is 11.6 Å². The van der Waals surface area contributed by atoms with Crippen LogP contribution in [0.15, 0.2) is 24.3 Å². The number of hydrogen-bond acceptors (Lipinski definition) is 4. The molecule has 1 aliphatic rings. The van der Waals surface area contributed by atoms with E-state index in [0.29, 0.717) is 19.3 Å². The van der Waals surface area contributed by atoms with Crippen molar-refractivity contribution in [1.29, 1.82) is 0 Å². The van der Waals surface area contributed by atoms with E-state index < -0.39 is 46.0 Å². The number of hydrogen-bond donors (Lipinski definition) is 3. The Morgan fingerprint density at radius 1 is 1.27 bits per heavy atom. The molecule has 0 aromatic heterocycles. The van der Waals surface area contributed by atoms with Gasteiger partial charge in [0.1, 0.15) is 0 Å². The first-order valence-corrected chi connectivity index (χ1v) is 11.5. The van der Waals surface area contributed by atoms with E-state index in [0.717, 1.165) is 6.07 Å². The number of alkyl halides is 3. The SMILES string of the molecule is CCCS(=O)(=O)N1CCC(NC(=O)NCC(O)(c2ccccc2Cl)C(F)(F)F)CC1. The Labute approximate surface area is 178 Å². The van der Waals surface area contributed by atoms with E-state index >= 15 is 0 Å². The highest BCUT2D eigenvalue weighted by atomic mass is 35.5. The molecule has 1 atom stereocenters. The smallest absolute Gasteiger partial charge is 0.375 e. The molecule has 1 unspecified atom stereocenters. The molecule has 0 bridgehead atoms. The Kier molecular flexibility index (Phi) is 8.00. The van der Waals surface area contributed by atoms with E-state index in [-0.39, 0.29) is 23.9 Å². The molecule has 1 saturated heterocycles. The predicted molar refractivity (Wildman–Crippen MR) is 107 cm³/mol. The van der Waals surface area contributed by atoms with Crippen LogP contribution in [-0.2, 0) is 15.6 Å². The van der Waals surface area contributed by atoms with E-state index in [2.05, 4.69) is 10.6 Å². The molecule has 30 heavy (non-hydrogen) atoms. The number of amides is 2. The molecule has 1 aromatic rings. The highest BCUT2D eigenvalue weighted by Crippen LogP contribution is 2.41. The fraction of sp³-hybridized carbons (Fsp3) is 0.611. The van der Waals surface area contributed by atoms with Crippen molar-refractivity contribution >= 4 is 27.7 Å². The number of sulfonamides is 1. The van der Waals surface area contributed by atoms with E-state index in [4.69, 9.17) is 11.6 Å². The second-order valence-corrected chi connectivity index (χ2v) is 9.65. The van der Waals surface area contributed by atoms with E-state index in [1.54, 1.807) is 6.92 Å². The van der Waals surface area contributed by atoms with Gasteiger partial charge in [-0.15, -0.1) is 0 Å². The second kappa shape index (κ2) is 9.71. The summed E-state index contributed by atoms with van der Waals surface area (Å²) < 4.78 is 66.1. The molecule has 0 radical (unpaired) electrons. The van der Waals surface area contributed by atoms with E-state index in [1.165, 1.54) is 22.5 Å². The van der Waals surface area contributed by atoms with Gasteiger partial charge in [0.2, 0.25) is 15.6 Å². The lowest BCUT2D eigenvalue weighted by atomic mass is 9.93. The lowest BCUT2D eigenvalue weighted by Gasteiger charge is -2.33. The number of nitrogens with one attached hydrogen (secondary N) is 2. The zero-order valence-electron chi connectivity index (χ0n) is 16.4. The standard InChI is InChI=1S/C18H25ClF3N3O4S/c1-2-11-30(28,29)25-9-7-13(8-10-25)24-16(26)23-12-17(27,18(20,21)22)14-5-3-4-6-15(14)19/h3-6,13,27H,2,7-12H2,1H3,(H2,23,24,26). The Balaban J connectivity index is 1.96. The van der Waals surface area contributed by atoms with Gasteiger partial charge in [0.15, 0.2) is 0 Å². The maximum absolute atomic E-state index is 13.6. The van der Waals surface area contributed by atoms with Crippen molar-refractivity contribution in [2.24, 2.45) is 0 Å². The van der Waals surface area contributed by atoms with Gasteiger partial charge in [-0.2, -0.15) is 13.2 Å². The van der Waals surface area contributed by atoms with Gasteiger partial charge in [0, 0.05) is 29.7 Å². The lowest BCUT2D eigenvalue weighted by Crippen LogP contribution is -2.55. The van der Waals surface area contributed by atoms with Gasteiger partial charge in [-0.25, -0.2) is 17.5 Å². The van der Waals surface area contributed by atoms with Crippen LogP contribution in [0, 0.1) is 0 Å². The van der Waals surface area contributed by atoms with Gasteiger partial charge >= 0.3 is 12.2 Å². The highest BCUT2D eigenvalue weighted by Gasteiger charge is 2.56. The van der Waals surface area contributed by atoms with Gasteiger partial charge in [-0.3, -0.25) is 0 Å². The summed E-state index contributed by atoms with van der Waals surface area (Å²) in [6.45, 7) is 1.08. The summed E-state index contributed by atoms with van der Waals surface area (Å²) in [7, 11) is -3.33. The first-order chi connectivity index (χ1) is 13.9. The average Bonchev–Trinajstić information content (AvgIpc) is 2.66. The van der Waals surface area contributed by atoms with Crippen molar-refractivity contribution in [1.82, 2.24) is 14.9 Å². The van der Waals surface area contributed by atoms with Crippen molar-refractivity contribution in [3.8, 4) is 0 Å². The van der Waals surface area contributed by atoms with Crippen LogP contribution in [0.3, 0.4) is 0 Å². The topological polar surface area (TPSA) is 98.7 Å². The fourth-order valence-electron chi connectivity index (χ4n) is 3.25. The number of benzene rings is 1. The minimum Gasteiger partial charge on any atom is -0.375 e. The molecule has 1 heterocycles. The number of carbonyl (C=O) groups excluding carboxylic acids is 1. The quantitative estimate of drug-likeness (QED) is 0.569. The normalized spacial score (nSPS) is 18.6. The third-order valence-corrected chi connectivity index (χ3v) is 7.34. The number of rotatable bonds is 7. The van der Waals surface area contributed by atoms with E-state index in [1.807, 2.05) is 0 Å². The Morgan fingerprint density at radius 2 is 1.87 bits per heavy atom. The largest absolute Gasteiger partial charge is 0.423 e. The molecular weight excluding hydrogens is 447 g/mol. The molecule has 0 aliphatic carbocycles. The van der Waals surface area contributed by atoms with Crippen molar-refractivity contribution in [2.45, 2.75) is 44.0 Å². The summed E-state index contributed by atoms with van der Waals surface area (Å²) in [5.41, 5.74) is -3.92. The van der Waals surface area contributed by atoms with Gasteiger partial charge in [-0.1, -0.05) is 36.7 Å².